The van der Waals surface area contributed by atoms with Crippen molar-refractivity contribution < 1.29 is 9.07 Å². The molecule has 0 fully saturated rings. The minimum Gasteiger partial charge on any atom is -0.551 e. The highest BCUT2D eigenvalue weighted by atomic mass is 16.4. The zero-order valence-corrected chi connectivity index (χ0v) is 30.4. The zero-order valence-electron chi connectivity index (χ0n) is 30.4. The molecular formula is C48H38BNO2. The molecule has 0 N–H and O–H groups in total. The number of benzene rings is 7. The maximum Gasteiger partial charge on any atom is 0.431 e. The van der Waals surface area contributed by atoms with Gasteiger partial charge in [-0.1, -0.05) is 96.1 Å². The lowest BCUT2D eigenvalue weighted by molar-refractivity contribution is 0.590. The van der Waals surface area contributed by atoms with E-state index in [0.29, 0.717) is 0 Å². The van der Waals surface area contributed by atoms with E-state index in [9.17, 15) is 0 Å². The highest BCUT2D eigenvalue weighted by Gasteiger charge is 2.44. The number of furan rings is 1. The second-order valence-electron chi connectivity index (χ2n) is 14.9. The number of anilines is 3. The van der Waals surface area contributed by atoms with Crippen molar-refractivity contribution in [2.75, 3.05) is 4.90 Å². The molecule has 0 atom stereocenters. The van der Waals surface area contributed by atoms with Crippen molar-refractivity contribution in [1.29, 1.82) is 0 Å². The fourth-order valence-electron chi connectivity index (χ4n) is 9.36. The van der Waals surface area contributed by atoms with Crippen LogP contribution in [-0.4, -0.2) is 6.92 Å². The lowest BCUT2D eigenvalue weighted by atomic mass is 9.49. The Bertz CT molecular complexity index is 2740. The predicted molar refractivity (Wildman–Crippen MR) is 219 cm³/mol. The van der Waals surface area contributed by atoms with Crippen LogP contribution in [0.15, 0.2) is 126 Å². The van der Waals surface area contributed by atoms with Crippen LogP contribution in [0.3, 0.4) is 0 Å². The standard InChI is InChI=1S/C48H38BNO2/c1-27-21-29(3)44(30(4)22-27)33-15-18-35(19-16-33)50-40-20-17-34(45-31(5)23-28(2)24-32(45)6)25-39(40)49-47-38(36-11-7-10-14-42(36)52-49)26-43-46(48(47)50)37-12-8-9-13-41(37)51-43/h7-26H,1-6H3. The zero-order chi connectivity index (χ0) is 35.4. The number of rotatable bonds is 3. The smallest absolute Gasteiger partial charge is 0.431 e. The van der Waals surface area contributed by atoms with Crippen LogP contribution in [0.4, 0.5) is 17.1 Å². The Morgan fingerprint density at radius 3 is 1.87 bits per heavy atom. The summed E-state index contributed by atoms with van der Waals surface area (Å²) < 4.78 is 13.8. The summed E-state index contributed by atoms with van der Waals surface area (Å²) in [5, 5.41) is 2.21. The quantitative estimate of drug-likeness (QED) is 0.175. The van der Waals surface area contributed by atoms with E-state index >= 15 is 0 Å². The molecule has 10 rings (SSSR count). The van der Waals surface area contributed by atoms with E-state index in [1.165, 1.54) is 61.1 Å². The molecule has 0 amide bonds. The van der Waals surface area contributed by atoms with Gasteiger partial charge in [0, 0.05) is 27.8 Å². The molecule has 0 unspecified atom stereocenters. The Kier molecular flexibility index (Phi) is 6.66. The predicted octanol–water partition coefficient (Wildman–Crippen LogP) is 11.7. The largest absolute Gasteiger partial charge is 0.551 e. The molecule has 3 heterocycles. The van der Waals surface area contributed by atoms with Crippen LogP contribution in [0.5, 0.6) is 5.75 Å². The summed E-state index contributed by atoms with van der Waals surface area (Å²) in [4.78, 5) is 2.46. The van der Waals surface area contributed by atoms with E-state index in [0.717, 1.165) is 61.3 Å². The Hall–Kier alpha value is -6.00. The first-order valence-corrected chi connectivity index (χ1v) is 18.2. The van der Waals surface area contributed by atoms with Gasteiger partial charge in [0.15, 0.2) is 0 Å². The maximum absolute atomic E-state index is 7.11. The molecule has 3 nitrogen and oxygen atoms in total. The average molecular weight is 672 g/mol. The van der Waals surface area contributed by atoms with E-state index in [1.54, 1.807) is 0 Å². The molecule has 2 aliphatic rings. The third kappa shape index (κ3) is 4.47. The molecule has 8 aromatic rings. The lowest BCUT2D eigenvalue weighted by Gasteiger charge is -2.40. The Morgan fingerprint density at radius 1 is 0.538 bits per heavy atom. The Balaban J connectivity index is 1.28. The van der Waals surface area contributed by atoms with Gasteiger partial charge in [-0.05, 0) is 133 Å². The molecule has 250 valence electrons. The Morgan fingerprint density at radius 2 is 1.15 bits per heavy atom. The average Bonchev–Trinajstić information content (AvgIpc) is 3.50. The lowest BCUT2D eigenvalue weighted by Crippen LogP contribution is -2.56. The number of para-hydroxylation sites is 2. The number of fused-ring (bicyclic) bond motifs is 8. The summed E-state index contributed by atoms with van der Waals surface area (Å²) in [6, 6.07) is 44.3. The van der Waals surface area contributed by atoms with Gasteiger partial charge in [0.05, 0.1) is 11.1 Å². The molecule has 7 aromatic carbocycles. The topological polar surface area (TPSA) is 25.6 Å². The van der Waals surface area contributed by atoms with E-state index in [2.05, 4.69) is 168 Å². The van der Waals surface area contributed by atoms with Gasteiger partial charge < -0.3 is 14.0 Å². The minimum atomic E-state index is -0.299. The van der Waals surface area contributed by atoms with Crippen LogP contribution in [0, 0.1) is 41.5 Å². The first-order chi connectivity index (χ1) is 25.2. The van der Waals surface area contributed by atoms with Crippen LogP contribution in [0.1, 0.15) is 33.4 Å². The fraction of sp³-hybridized carbons (Fsp3) is 0.125. The molecule has 0 radical (unpaired) electrons. The third-order valence-corrected chi connectivity index (χ3v) is 11.2. The van der Waals surface area contributed by atoms with E-state index in [-0.39, 0.29) is 6.92 Å². The summed E-state index contributed by atoms with van der Waals surface area (Å²) >= 11 is 0. The van der Waals surface area contributed by atoms with Gasteiger partial charge >= 0.3 is 6.92 Å². The summed E-state index contributed by atoms with van der Waals surface area (Å²) in [5.41, 5.74) is 22.4. The molecule has 0 saturated carbocycles. The summed E-state index contributed by atoms with van der Waals surface area (Å²) in [6.45, 7) is 12.9. The van der Waals surface area contributed by atoms with E-state index in [4.69, 9.17) is 9.07 Å². The minimum absolute atomic E-state index is 0.299. The molecule has 4 heteroatoms. The van der Waals surface area contributed by atoms with Gasteiger partial charge in [0.1, 0.15) is 16.9 Å². The van der Waals surface area contributed by atoms with Crippen molar-refractivity contribution in [3.05, 3.63) is 155 Å². The monoisotopic (exact) mass is 671 g/mol. The first kappa shape index (κ1) is 30.8. The first-order valence-electron chi connectivity index (χ1n) is 18.2. The number of nitrogens with zero attached hydrogens (tertiary/aromatic N) is 1. The molecular weight excluding hydrogens is 633 g/mol. The van der Waals surface area contributed by atoms with Gasteiger partial charge in [0.2, 0.25) is 0 Å². The van der Waals surface area contributed by atoms with Crippen molar-refractivity contribution in [2.45, 2.75) is 41.5 Å². The molecule has 0 saturated heterocycles. The normalized spacial score (nSPS) is 12.9. The number of aryl methyl sites for hydroxylation is 6. The summed E-state index contributed by atoms with van der Waals surface area (Å²) in [5.74, 6) is 0.891. The van der Waals surface area contributed by atoms with Crippen LogP contribution in [0.25, 0.3) is 55.3 Å². The molecule has 2 aliphatic heterocycles. The third-order valence-electron chi connectivity index (χ3n) is 11.2. The van der Waals surface area contributed by atoms with Crippen LogP contribution < -0.4 is 20.5 Å². The van der Waals surface area contributed by atoms with Crippen molar-refractivity contribution >= 4 is 56.8 Å². The van der Waals surface area contributed by atoms with Gasteiger partial charge in [0.25, 0.3) is 0 Å². The van der Waals surface area contributed by atoms with E-state index < -0.39 is 0 Å². The maximum atomic E-state index is 7.11. The van der Waals surface area contributed by atoms with Crippen molar-refractivity contribution in [3.8, 4) is 39.1 Å². The second kappa shape index (κ2) is 11.3. The highest BCUT2D eigenvalue weighted by Crippen LogP contribution is 2.49. The second-order valence-corrected chi connectivity index (χ2v) is 14.9. The number of hydrogen-bond acceptors (Lipinski definition) is 3. The van der Waals surface area contributed by atoms with Crippen molar-refractivity contribution in [2.24, 2.45) is 0 Å². The van der Waals surface area contributed by atoms with Gasteiger partial charge in [-0.2, -0.15) is 0 Å². The van der Waals surface area contributed by atoms with Crippen molar-refractivity contribution in [1.82, 2.24) is 0 Å². The highest BCUT2D eigenvalue weighted by molar-refractivity contribution is 6.86. The van der Waals surface area contributed by atoms with Crippen molar-refractivity contribution in [3.63, 3.8) is 0 Å². The molecule has 0 bridgehead atoms. The van der Waals surface area contributed by atoms with Crippen LogP contribution in [-0.2, 0) is 0 Å². The van der Waals surface area contributed by atoms with Gasteiger partial charge in [-0.25, -0.2) is 0 Å². The molecule has 1 aromatic heterocycles. The molecule has 0 spiro atoms. The number of hydrogen-bond donors (Lipinski definition) is 0. The summed E-state index contributed by atoms with van der Waals surface area (Å²) in [6.07, 6.45) is 0. The van der Waals surface area contributed by atoms with Crippen LogP contribution >= 0.6 is 0 Å². The summed E-state index contributed by atoms with van der Waals surface area (Å²) in [7, 11) is 0. The molecule has 52 heavy (non-hydrogen) atoms. The Labute approximate surface area is 305 Å². The molecule has 0 aliphatic carbocycles. The van der Waals surface area contributed by atoms with Gasteiger partial charge in [-0.3, -0.25) is 0 Å². The fourth-order valence-corrected chi connectivity index (χ4v) is 9.36. The van der Waals surface area contributed by atoms with Crippen LogP contribution in [0.2, 0.25) is 0 Å². The van der Waals surface area contributed by atoms with Gasteiger partial charge in [-0.15, -0.1) is 0 Å². The SMILES string of the molecule is Cc1cc(C)c(-c2ccc(N3c4ccc(-c5c(C)cc(C)cc5C)cc4B4Oc5ccccc5-c5cc6oc7ccccc7c6c3c54)cc2)c(C)c1. The van der Waals surface area contributed by atoms with E-state index in [1.807, 2.05) is 0 Å².